The summed E-state index contributed by atoms with van der Waals surface area (Å²) in [5, 5.41) is -0.351. The molecule has 0 radical (unpaired) electrons. The maximum Gasteiger partial charge on any atom is 0.451 e. The van der Waals surface area contributed by atoms with E-state index in [9.17, 15) is 17.6 Å². The molecule has 0 spiro atoms. The lowest BCUT2D eigenvalue weighted by atomic mass is 10.1. The van der Waals surface area contributed by atoms with Crippen molar-refractivity contribution in [3.8, 4) is 11.3 Å². The fourth-order valence-corrected chi connectivity index (χ4v) is 1.80. The van der Waals surface area contributed by atoms with Gasteiger partial charge in [-0.2, -0.15) is 13.2 Å². The maximum absolute atomic E-state index is 13.2. The normalized spacial score (nSPS) is 11.7. The van der Waals surface area contributed by atoms with Crippen LogP contribution >= 0.6 is 23.2 Å². The first-order valence-corrected chi connectivity index (χ1v) is 5.59. The average molecular weight is 311 g/mol. The highest BCUT2D eigenvalue weighted by Gasteiger charge is 2.35. The first-order chi connectivity index (χ1) is 8.75. The molecule has 19 heavy (non-hydrogen) atoms. The number of benzene rings is 1. The quantitative estimate of drug-likeness (QED) is 0.568. The van der Waals surface area contributed by atoms with Crippen molar-refractivity contribution in [3.05, 3.63) is 46.1 Å². The standard InChI is InChI=1S/C11H4Cl2F4N2/c12-6-1-5(2-7(14)3-6)8-4-9(13)19-10(18-8)11(15,16)17/h1-4H. The Bertz CT molecular complexity index is 608. The SMILES string of the molecule is Fc1cc(Cl)cc(-c2cc(Cl)nc(C(F)(F)F)n2)c1. The maximum atomic E-state index is 13.2. The highest BCUT2D eigenvalue weighted by Crippen LogP contribution is 2.30. The van der Waals surface area contributed by atoms with Crippen LogP contribution < -0.4 is 0 Å². The number of alkyl halides is 3. The molecule has 0 amide bonds. The van der Waals surface area contributed by atoms with Crippen LogP contribution in [-0.2, 0) is 6.18 Å². The van der Waals surface area contributed by atoms with E-state index in [0.717, 1.165) is 18.2 Å². The molecule has 0 bridgehead atoms. The molecule has 8 heteroatoms. The largest absolute Gasteiger partial charge is 0.451 e. The summed E-state index contributed by atoms with van der Waals surface area (Å²) >= 11 is 11.1. The van der Waals surface area contributed by atoms with E-state index in [1.54, 1.807) is 0 Å². The number of aromatic nitrogens is 2. The van der Waals surface area contributed by atoms with E-state index in [-0.39, 0.29) is 16.3 Å². The predicted molar refractivity (Wildman–Crippen MR) is 62.4 cm³/mol. The van der Waals surface area contributed by atoms with Gasteiger partial charge in [-0.25, -0.2) is 14.4 Å². The topological polar surface area (TPSA) is 25.8 Å². The zero-order chi connectivity index (χ0) is 14.2. The van der Waals surface area contributed by atoms with E-state index in [2.05, 4.69) is 9.97 Å². The van der Waals surface area contributed by atoms with E-state index in [4.69, 9.17) is 23.2 Å². The Labute approximate surface area is 115 Å². The number of hydrogen-bond donors (Lipinski definition) is 0. The zero-order valence-electron chi connectivity index (χ0n) is 8.97. The Kier molecular flexibility index (Phi) is 3.64. The lowest BCUT2D eigenvalue weighted by Gasteiger charge is -2.08. The molecular weight excluding hydrogens is 307 g/mol. The Hall–Kier alpha value is -1.40. The van der Waals surface area contributed by atoms with Crippen molar-refractivity contribution in [1.82, 2.24) is 9.97 Å². The Morgan fingerprint density at radius 1 is 0.947 bits per heavy atom. The highest BCUT2D eigenvalue weighted by molar-refractivity contribution is 6.31. The van der Waals surface area contributed by atoms with Gasteiger partial charge in [0, 0.05) is 16.7 Å². The van der Waals surface area contributed by atoms with Gasteiger partial charge in [0.2, 0.25) is 5.82 Å². The van der Waals surface area contributed by atoms with E-state index in [1.807, 2.05) is 0 Å². The van der Waals surface area contributed by atoms with Crippen molar-refractivity contribution in [2.45, 2.75) is 6.18 Å². The van der Waals surface area contributed by atoms with Gasteiger partial charge in [0.05, 0.1) is 5.69 Å². The molecule has 1 heterocycles. The molecule has 0 aliphatic rings. The van der Waals surface area contributed by atoms with E-state index < -0.39 is 23.0 Å². The van der Waals surface area contributed by atoms with Crippen LogP contribution in [-0.4, -0.2) is 9.97 Å². The monoisotopic (exact) mass is 310 g/mol. The molecule has 2 nitrogen and oxygen atoms in total. The molecule has 0 fully saturated rings. The third-order valence-corrected chi connectivity index (χ3v) is 2.52. The van der Waals surface area contributed by atoms with Crippen LogP contribution in [0.2, 0.25) is 10.2 Å². The minimum atomic E-state index is -4.74. The number of rotatable bonds is 1. The van der Waals surface area contributed by atoms with E-state index >= 15 is 0 Å². The Balaban J connectivity index is 2.59. The minimum absolute atomic E-state index is 0.0401. The molecule has 0 N–H and O–H groups in total. The van der Waals surface area contributed by atoms with Crippen LogP contribution in [0.4, 0.5) is 17.6 Å². The summed E-state index contributed by atoms with van der Waals surface area (Å²) in [6, 6.07) is 4.41. The second-order valence-corrected chi connectivity index (χ2v) is 4.38. The van der Waals surface area contributed by atoms with Crippen LogP contribution in [0.15, 0.2) is 24.3 Å². The molecule has 1 aromatic heterocycles. The van der Waals surface area contributed by atoms with Gasteiger partial charge < -0.3 is 0 Å². The van der Waals surface area contributed by atoms with Gasteiger partial charge in [-0.1, -0.05) is 23.2 Å². The van der Waals surface area contributed by atoms with Crippen LogP contribution in [0, 0.1) is 5.82 Å². The molecule has 2 rings (SSSR count). The summed E-state index contributed by atoms with van der Waals surface area (Å²) in [5.74, 6) is -2.08. The van der Waals surface area contributed by atoms with Crippen LogP contribution in [0.25, 0.3) is 11.3 Å². The van der Waals surface area contributed by atoms with Crippen molar-refractivity contribution in [2.75, 3.05) is 0 Å². The van der Waals surface area contributed by atoms with Crippen molar-refractivity contribution >= 4 is 23.2 Å². The second kappa shape index (κ2) is 4.94. The van der Waals surface area contributed by atoms with Crippen LogP contribution in [0.1, 0.15) is 5.82 Å². The summed E-state index contributed by atoms with van der Waals surface area (Å²) in [4.78, 5) is 6.39. The summed E-state index contributed by atoms with van der Waals surface area (Å²) in [7, 11) is 0. The van der Waals surface area contributed by atoms with Crippen LogP contribution in [0.5, 0.6) is 0 Å². The molecular formula is C11H4Cl2F4N2. The lowest BCUT2D eigenvalue weighted by Crippen LogP contribution is -2.11. The molecule has 0 saturated carbocycles. The van der Waals surface area contributed by atoms with Gasteiger partial charge in [-0.15, -0.1) is 0 Å². The molecule has 0 atom stereocenters. The number of hydrogen-bond acceptors (Lipinski definition) is 2. The van der Waals surface area contributed by atoms with Crippen LogP contribution in [0.3, 0.4) is 0 Å². The van der Waals surface area contributed by atoms with Gasteiger partial charge in [0.1, 0.15) is 11.0 Å². The predicted octanol–water partition coefficient (Wildman–Crippen LogP) is 4.61. The second-order valence-electron chi connectivity index (χ2n) is 3.56. The van der Waals surface area contributed by atoms with Gasteiger partial charge in [0.25, 0.3) is 0 Å². The van der Waals surface area contributed by atoms with Crippen molar-refractivity contribution in [2.24, 2.45) is 0 Å². The Morgan fingerprint density at radius 3 is 2.21 bits per heavy atom. The molecule has 0 unspecified atom stereocenters. The third-order valence-electron chi connectivity index (χ3n) is 2.11. The van der Waals surface area contributed by atoms with Gasteiger partial charge in [0.15, 0.2) is 0 Å². The van der Waals surface area contributed by atoms with Gasteiger partial charge in [-0.05, 0) is 18.2 Å². The highest BCUT2D eigenvalue weighted by atomic mass is 35.5. The molecule has 0 saturated heterocycles. The van der Waals surface area contributed by atoms with Gasteiger partial charge in [-0.3, -0.25) is 0 Å². The molecule has 100 valence electrons. The molecule has 1 aromatic carbocycles. The van der Waals surface area contributed by atoms with Crippen molar-refractivity contribution in [3.63, 3.8) is 0 Å². The Morgan fingerprint density at radius 2 is 1.63 bits per heavy atom. The molecule has 0 aliphatic carbocycles. The fraction of sp³-hybridized carbons (Fsp3) is 0.0909. The fourth-order valence-electron chi connectivity index (χ4n) is 1.39. The summed E-state index contributed by atoms with van der Waals surface area (Å²) in [6.45, 7) is 0. The number of halogens is 6. The minimum Gasteiger partial charge on any atom is -0.224 e. The lowest BCUT2D eigenvalue weighted by molar-refractivity contribution is -0.144. The van der Waals surface area contributed by atoms with Gasteiger partial charge >= 0.3 is 6.18 Å². The summed E-state index contributed by atoms with van der Waals surface area (Å²) in [6.07, 6.45) is -4.74. The van der Waals surface area contributed by atoms with E-state index in [1.165, 1.54) is 6.07 Å². The zero-order valence-corrected chi connectivity index (χ0v) is 10.5. The third kappa shape index (κ3) is 3.33. The van der Waals surface area contributed by atoms with E-state index in [0.29, 0.717) is 0 Å². The number of nitrogens with zero attached hydrogens (tertiary/aromatic N) is 2. The molecule has 0 aliphatic heterocycles. The summed E-state index contributed by atoms with van der Waals surface area (Å²) in [5.41, 5.74) is -0.0754. The first-order valence-electron chi connectivity index (χ1n) is 4.84. The first kappa shape index (κ1) is 14.0. The van der Waals surface area contributed by atoms with Crippen molar-refractivity contribution < 1.29 is 17.6 Å². The smallest absolute Gasteiger partial charge is 0.224 e. The van der Waals surface area contributed by atoms with Crippen molar-refractivity contribution in [1.29, 1.82) is 0 Å². The average Bonchev–Trinajstić information content (AvgIpc) is 2.25. The summed E-state index contributed by atoms with van der Waals surface area (Å²) < 4.78 is 50.8. The molecule has 2 aromatic rings.